The Morgan fingerprint density at radius 3 is 2.27 bits per heavy atom. The van der Waals surface area contributed by atoms with Crippen LogP contribution in [-0.2, 0) is 6.54 Å². The summed E-state index contributed by atoms with van der Waals surface area (Å²) in [6.45, 7) is 9.56. The summed E-state index contributed by atoms with van der Waals surface area (Å²) in [5.74, 6) is 0. The second kappa shape index (κ2) is 3.62. The van der Waals surface area contributed by atoms with Crippen molar-refractivity contribution in [3.8, 4) is 0 Å². The predicted octanol–water partition coefficient (Wildman–Crippen LogP) is 1.84. The topological polar surface area (TPSA) is 29.3 Å². The standard InChI is InChI=1S/C13H20N2/c1-10-5-4-6-11(2)12(10)7-15-8-13(3,14)9-15/h4-6H,7-9,14H2,1-3H3. The summed E-state index contributed by atoms with van der Waals surface area (Å²) in [7, 11) is 0. The molecule has 0 unspecified atom stereocenters. The van der Waals surface area contributed by atoms with Crippen LogP contribution in [0.2, 0.25) is 0 Å². The van der Waals surface area contributed by atoms with Gasteiger partial charge in [-0.3, -0.25) is 4.90 Å². The van der Waals surface area contributed by atoms with Crippen molar-refractivity contribution in [2.45, 2.75) is 32.9 Å². The maximum Gasteiger partial charge on any atom is 0.0384 e. The van der Waals surface area contributed by atoms with Gasteiger partial charge in [-0.05, 0) is 37.5 Å². The van der Waals surface area contributed by atoms with E-state index in [2.05, 4.69) is 43.9 Å². The van der Waals surface area contributed by atoms with E-state index < -0.39 is 0 Å². The Bertz CT molecular complexity index is 341. The molecule has 1 aliphatic rings. The third kappa shape index (κ3) is 2.21. The van der Waals surface area contributed by atoms with Gasteiger partial charge >= 0.3 is 0 Å². The van der Waals surface area contributed by atoms with Crippen LogP contribution in [0.3, 0.4) is 0 Å². The highest BCUT2D eigenvalue weighted by Gasteiger charge is 2.34. The zero-order valence-electron chi connectivity index (χ0n) is 9.88. The van der Waals surface area contributed by atoms with E-state index in [1.165, 1.54) is 16.7 Å². The van der Waals surface area contributed by atoms with E-state index in [1.54, 1.807) is 0 Å². The van der Waals surface area contributed by atoms with E-state index in [4.69, 9.17) is 5.73 Å². The number of benzene rings is 1. The van der Waals surface area contributed by atoms with Crippen LogP contribution >= 0.6 is 0 Å². The minimum Gasteiger partial charge on any atom is -0.323 e. The molecule has 2 N–H and O–H groups in total. The average molecular weight is 204 g/mol. The Balaban J connectivity index is 2.06. The number of hydrogen-bond donors (Lipinski definition) is 1. The van der Waals surface area contributed by atoms with Crippen molar-refractivity contribution in [2.24, 2.45) is 5.73 Å². The average Bonchev–Trinajstić information content (AvgIpc) is 2.08. The molecule has 82 valence electrons. The highest BCUT2D eigenvalue weighted by Crippen LogP contribution is 2.23. The van der Waals surface area contributed by atoms with E-state index in [-0.39, 0.29) is 5.54 Å². The lowest BCUT2D eigenvalue weighted by Crippen LogP contribution is -2.64. The first-order valence-corrected chi connectivity index (χ1v) is 5.54. The summed E-state index contributed by atoms with van der Waals surface area (Å²) in [5, 5.41) is 0. The third-order valence-electron chi connectivity index (χ3n) is 3.20. The van der Waals surface area contributed by atoms with Crippen molar-refractivity contribution in [3.63, 3.8) is 0 Å². The van der Waals surface area contributed by atoms with Gasteiger partial charge in [0.15, 0.2) is 0 Å². The quantitative estimate of drug-likeness (QED) is 0.796. The van der Waals surface area contributed by atoms with Gasteiger partial charge in [0, 0.05) is 25.2 Å². The van der Waals surface area contributed by atoms with Gasteiger partial charge in [-0.15, -0.1) is 0 Å². The molecule has 0 bridgehead atoms. The van der Waals surface area contributed by atoms with Crippen molar-refractivity contribution in [1.82, 2.24) is 4.90 Å². The van der Waals surface area contributed by atoms with Crippen LogP contribution in [0.4, 0.5) is 0 Å². The van der Waals surface area contributed by atoms with Gasteiger partial charge in [0.05, 0.1) is 0 Å². The zero-order chi connectivity index (χ0) is 11.1. The molecular weight excluding hydrogens is 184 g/mol. The Morgan fingerprint density at radius 1 is 1.27 bits per heavy atom. The third-order valence-corrected chi connectivity index (χ3v) is 3.20. The first-order chi connectivity index (χ1) is 6.98. The number of likely N-dealkylation sites (tertiary alicyclic amines) is 1. The molecule has 0 amide bonds. The van der Waals surface area contributed by atoms with Crippen LogP contribution < -0.4 is 5.73 Å². The lowest BCUT2D eigenvalue weighted by atomic mass is 9.92. The minimum atomic E-state index is 0.0383. The summed E-state index contributed by atoms with van der Waals surface area (Å²) < 4.78 is 0. The molecule has 1 aromatic carbocycles. The smallest absolute Gasteiger partial charge is 0.0384 e. The molecule has 2 rings (SSSR count). The molecule has 1 heterocycles. The molecule has 0 saturated carbocycles. The first kappa shape index (κ1) is 10.7. The molecule has 0 radical (unpaired) electrons. The van der Waals surface area contributed by atoms with Crippen LogP contribution in [-0.4, -0.2) is 23.5 Å². The van der Waals surface area contributed by atoms with Crippen molar-refractivity contribution in [3.05, 3.63) is 34.9 Å². The second-order valence-corrected chi connectivity index (χ2v) is 5.17. The Labute approximate surface area is 92.1 Å². The van der Waals surface area contributed by atoms with E-state index in [1.807, 2.05) is 0 Å². The lowest BCUT2D eigenvalue weighted by molar-refractivity contribution is 0.0760. The van der Waals surface area contributed by atoms with Gasteiger partial charge < -0.3 is 5.73 Å². The molecule has 0 spiro atoms. The van der Waals surface area contributed by atoms with Crippen molar-refractivity contribution in [2.75, 3.05) is 13.1 Å². The van der Waals surface area contributed by atoms with Crippen LogP contribution in [0.15, 0.2) is 18.2 Å². The molecule has 1 aromatic rings. The highest BCUT2D eigenvalue weighted by molar-refractivity contribution is 5.33. The number of nitrogens with zero attached hydrogens (tertiary/aromatic N) is 1. The van der Waals surface area contributed by atoms with Gasteiger partial charge in [-0.1, -0.05) is 18.2 Å². The molecule has 1 fully saturated rings. The molecule has 1 aliphatic heterocycles. The summed E-state index contributed by atoms with van der Waals surface area (Å²) in [5.41, 5.74) is 10.3. The van der Waals surface area contributed by atoms with Crippen LogP contribution in [0.5, 0.6) is 0 Å². The maximum absolute atomic E-state index is 6.00. The summed E-state index contributed by atoms with van der Waals surface area (Å²) in [4.78, 5) is 2.41. The maximum atomic E-state index is 6.00. The zero-order valence-corrected chi connectivity index (χ0v) is 9.88. The Morgan fingerprint density at radius 2 is 1.80 bits per heavy atom. The monoisotopic (exact) mass is 204 g/mol. The minimum absolute atomic E-state index is 0.0383. The van der Waals surface area contributed by atoms with Crippen LogP contribution in [0.25, 0.3) is 0 Å². The number of nitrogens with two attached hydrogens (primary N) is 1. The fourth-order valence-electron chi connectivity index (χ4n) is 2.41. The number of hydrogen-bond acceptors (Lipinski definition) is 2. The van der Waals surface area contributed by atoms with E-state index in [0.29, 0.717) is 0 Å². The first-order valence-electron chi connectivity index (χ1n) is 5.54. The molecule has 0 atom stereocenters. The van der Waals surface area contributed by atoms with Gasteiger partial charge in [-0.25, -0.2) is 0 Å². The molecule has 1 saturated heterocycles. The van der Waals surface area contributed by atoms with Crippen molar-refractivity contribution in [1.29, 1.82) is 0 Å². The molecule has 0 aromatic heterocycles. The van der Waals surface area contributed by atoms with Crippen molar-refractivity contribution < 1.29 is 0 Å². The molecule has 15 heavy (non-hydrogen) atoms. The van der Waals surface area contributed by atoms with E-state index in [0.717, 1.165) is 19.6 Å². The number of aryl methyl sites for hydroxylation is 2. The fraction of sp³-hybridized carbons (Fsp3) is 0.538. The normalized spacial score (nSPS) is 20.0. The molecule has 2 nitrogen and oxygen atoms in total. The van der Waals surface area contributed by atoms with Gasteiger partial charge in [0.1, 0.15) is 0 Å². The lowest BCUT2D eigenvalue weighted by Gasteiger charge is -2.45. The van der Waals surface area contributed by atoms with E-state index >= 15 is 0 Å². The van der Waals surface area contributed by atoms with Crippen molar-refractivity contribution >= 4 is 0 Å². The second-order valence-electron chi connectivity index (χ2n) is 5.17. The Hall–Kier alpha value is -0.860. The Kier molecular flexibility index (Phi) is 2.57. The molecule has 2 heteroatoms. The SMILES string of the molecule is Cc1cccc(C)c1CN1CC(C)(N)C1. The summed E-state index contributed by atoms with van der Waals surface area (Å²) >= 11 is 0. The fourth-order valence-corrected chi connectivity index (χ4v) is 2.41. The van der Waals surface area contributed by atoms with Crippen LogP contribution in [0, 0.1) is 13.8 Å². The van der Waals surface area contributed by atoms with Crippen LogP contribution in [0.1, 0.15) is 23.6 Å². The molecular formula is C13H20N2. The largest absolute Gasteiger partial charge is 0.323 e. The predicted molar refractivity (Wildman–Crippen MR) is 63.8 cm³/mol. The summed E-state index contributed by atoms with van der Waals surface area (Å²) in [6, 6.07) is 6.49. The number of rotatable bonds is 2. The summed E-state index contributed by atoms with van der Waals surface area (Å²) in [6.07, 6.45) is 0. The highest BCUT2D eigenvalue weighted by atomic mass is 15.2. The van der Waals surface area contributed by atoms with Gasteiger partial charge in [-0.2, -0.15) is 0 Å². The van der Waals surface area contributed by atoms with Gasteiger partial charge in [0.2, 0.25) is 0 Å². The van der Waals surface area contributed by atoms with E-state index in [9.17, 15) is 0 Å². The molecule has 0 aliphatic carbocycles. The van der Waals surface area contributed by atoms with Gasteiger partial charge in [0.25, 0.3) is 0 Å².